The molecule has 0 aliphatic carbocycles. The predicted octanol–water partition coefficient (Wildman–Crippen LogP) is 2.98. The topological polar surface area (TPSA) is 31.2 Å². The average Bonchev–Trinajstić information content (AvgIpc) is 2.77. The number of carbonyl (C=O) groups excluding carboxylic acids is 1. The number of para-hydroxylation sites is 1. The van der Waals surface area contributed by atoms with Crippen LogP contribution < -0.4 is 0 Å². The second kappa shape index (κ2) is 5.53. The summed E-state index contributed by atoms with van der Waals surface area (Å²) < 4.78 is 7.14. The van der Waals surface area contributed by atoms with Gasteiger partial charge in [-0.25, -0.2) is 0 Å². The molecule has 2 rings (SSSR count). The zero-order valence-electron chi connectivity index (χ0n) is 10.1. The lowest BCUT2D eigenvalue weighted by atomic mass is 10.2. The Morgan fingerprint density at radius 3 is 2.94 bits per heavy atom. The zero-order valence-corrected chi connectivity index (χ0v) is 10.1. The number of esters is 1. The van der Waals surface area contributed by atoms with Gasteiger partial charge in [0.15, 0.2) is 0 Å². The Hall–Kier alpha value is -1.77. The fourth-order valence-electron chi connectivity index (χ4n) is 1.84. The van der Waals surface area contributed by atoms with Crippen LogP contribution in [0.4, 0.5) is 0 Å². The molecule has 0 N–H and O–H groups in total. The predicted molar refractivity (Wildman–Crippen MR) is 67.8 cm³/mol. The highest BCUT2D eigenvalue weighted by Gasteiger charge is 2.04. The van der Waals surface area contributed by atoms with Gasteiger partial charge in [0.05, 0.1) is 13.0 Å². The van der Waals surface area contributed by atoms with Gasteiger partial charge in [-0.2, -0.15) is 0 Å². The van der Waals surface area contributed by atoms with Crippen LogP contribution in [0.3, 0.4) is 0 Å². The van der Waals surface area contributed by atoms with E-state index in [2.05, 4.69) is 22.8 Å². The van der Waals surface area contributed by atoms with Crippen molar-refractivity contribution in [2.45, 2.75) is 26.3 Å². The van der Waals surface area contributed by atoms with Crippen LogP contribution in [0.15, 0.2) is 36.5 Å². The Balaban J connectivity index is 1.97. The number of nitrogens with zero attached hydrogens (tertiary/aromatic N) is 1. The maximum absolute atomic E-state index is 11.4. The smallest absolute Gasteiger partial charge is 0.307 e. The number of aryl methyl sites for hydroxylation is 1. The van der Waals surface area contributed by atoms with Crippen LogP contribution in [-0.2, 0) is 16.1 Å². The first-order valence-electron chi connectivity index (χ1n) is 6.00. The Labute approximate surface area is 101 Å². The molecule has 17 heavy (non-hydrogen) atoms. The van der Waals surface area contributed by atoms with Crippen LogP contribution in [0.2, 0.25) is 0 Å². The van der Waals surface area contributed by atoms with E-state index in [1.54, 1.807) is 0 Å². The average molecular weight is 231 g/mol. The summed E-state index contributed by atoms with van der Waals surface area (Å²) in [6.07, 6.45) is 3.31. The number of ether oxygens (including phenoxy) is 1. The minimum Gasteiger partial charge on any atom is -0.466 e. The van der Waals surface area contributed by atoms with E-state index in [-0.39, 0.29) is 5.97 Å². The molecule has 3 heteroatoms. The highest BCUT2D eigenvalue weighted by molar-refractivity contribution is 5.80. The monoisotopic (exact) mass is 231 g/mol. The van der Waals surface area contributed by atoms with Gasteiger partial charge in [0, 0.05) is 18.3 Å². The molecule has 0 spiro atoms. The SMILES string of the molecule is CCCOC(=O)CCn1ccc2ccccc21. The van der Waals surface area contributed by atoms with Crippen molar-refractivity contribution in [2.24, 2.45) is 0 Å². The normalized spacial score (nSPS) is 10.6. The minimum absolute atomic E-state index is 0.121. The number of carbonyl (C=O) groups is 1. The van der Waals surface area contributed by atoms with E-state index in [1.807, 2.05) is 25.3 Å². The summed E-state index contributed by atoms with van der Waals surface area (Å²) in [5.74, 6) is -0.121. The molecule has 1 aromatic heterocycles. The fourth-order valence-corrected chi connectivity index (χ4v) is 1.84. The van der Waals surface area contributed by atoms with Crippen molar-refractivity contribution < 1.29 is 9.53 Å². The number of aromatic nitrogens is 1. The van der Waals surface area contributed by atoms with Gasteiger partial charge < -0.3 is 9.30 Å². The molecule has 0 fully saturated rings. The van der Waals surface area contributed by atoms with Gasteiger partial charge in [0.25, 0.3) is 0 Å². The second-order valence-electron chi connectivity index (χ2n) is 4.04. The maximum Gasteiger partial charge on any atom is 0.307 e. The lowest BCUT2D eigenvalue weighted by Crippen LogP contribution is -2.09. The van der Waals surface area contributed by atoms with Gasteiger partial charge in [-0.3, -0.25) is 4.79 Å². The molecule has 0 saturated carbocycles. The summed E-state index contributed by atoms with van der Waals surface area (Å²) >= 11 is 0. The molecule has 0 amide bonds. The van der Waals surface area contributed by atoms with E-state index in [9.17, 15) is 4.79 Å². The molecule has 1 aromatic carbocycles. The summed E-state index contributed by atoms with van der Waals surface area (Å²) in [4.78, 5) is 11.4. The maximum atomic E-state index is 11.4. The largest absolute Gasteiger partial charge is 0.466 e. The molecule has 0 aliphatic heterocycles. The van der Waals surface area contributed by atoms with E-state index < -0.39 is 0 Å². The molecule has 90 valence electrons. The first kappa shape index (κ1) is 11.7. The van der Waals surface area contributed by atoms with Crippen molar-refractivity contribution in [3.05, 3.63) is 36.5 Å². The summed E-state index contributed by atoms with van der Waals surface area (Å²) in [7, 11) is 0. The molecule has 2 aromatic rings. The van der Waals surface area contributed by atoms with Crippen molar-refractivity contribution in [3.63, 3.8) is 0 Å². The van der Waals surface area contributed by atoms with Gasteiger partial charge in [-0.1, -0.05) is 25.1 Å². The summed E-state index contributed by atoms with van der Waals surface area (Å²) in [5, 5.41) is 1.20. The molecule has 0 saturated heterocycles. The third kappa shape index (κ3) is 2.87. The van der Waals surface area contributed by atoms with Crippen LogP contribution in [0.1, 0.15) is 19.8 Å². The van der Waals surface area contributed by atoms with Crippen LogP contribution in [0.25, 0.3) is 10.9 Å². The van der Waals surface area contributed by atoms with E-state index in [1.165, 1.54) is 5.39 Å². The van der Waals surface area contributed by atoms with Crippen molar-refractivity contribution in [1.29, 1.82) is 0 Å². The molecule has 0 bridgehead atoms. The Morgan fingerprint density at radius 2 is 2.12 bits per heavy atom. The number of hydrogen-bond acceptors (Lipinski definition) is 2. The van der Waals surface area contributed by atoms with Crippen LogP contribution >= 0.6 is 0 Å². The first-order valence-corrected chi connectivity index (χ1v) is 6.00. The van der Waals surface area contributed by atoms with Crippen LogP contribution in [-0.4, -0.2) is 17.1 Å². The summed E-state index contributed by atoms with van der Waals surface area (Å²) in [6, 6.07) is 10.2. The van der Waals surface area contributed by atoms with Gasteiger partial charge in [-0.15, -0.1) is 0 Å². The molecular weight excluding hydrogens is 214 g/mol. The quantitative estimate of drug-likeness (QED) is 0.741. The molecule has 0 radical (unpaired) electrons. The molecule has 0 unspecified atom stereocenters. The van der Waals surface area contributed by atoms with Crippen LogP contribution in [0, 0.1) is 0 Å². The summed E-state index contributed by atoms with van der Waals surface area (Å²) in [5.41, 5.74) is 1.16. The Bertz CT molecular complexity index is 502. The van der Waals surface area contributed by atoms with Crippen LogP contribution in [0.5, 0.6) is 0 Å². The lowest BCUT2D eigenvalue weighted by molar-refractivity contribution is -0.143. The highest BCUT2D eigenvalue weighted by atomic mass is 16.5. The highest BCUT2D eigenvalue weighted by Crippen LogP contribution is 2.15. The molecule has 1 heterocycles. The van der Waals surface area contributed by atoms with E-state index in [4.69, 9.17) is 4.74 Å². The van der Waals surface area contributed by atoms with E-state index >= 15 is 0 Å². The minimum atomic E-state index is -0.121. The van der Waals surface area contributed by atoms with Gasteiger partial charge in [0.2, 0.25) is 0 Å². The summed E-state index contributed by atoms with van der Waals surface area (Å²) in [6.45, 7) is 3.19. The molecule has 0 atom stereocenters. The number of hydrogen-bond donors (Lipinski definition) is 0. The first-order chi connectivity index (χ1) is 8.31. The standard InChI is InChI=1S/C14H17NO2/c1-2-11-17-14(16)8-10-15-9-7-12-5-3-4-6-13(12)15/h3-7,9H,2,8,10-11H2,1H3. The lowest BCUT2D eigenvalue weighted by Gasteiger charge is -2.05. The van der Waals surface area contributed by atoms with Crippen molar-refractivity contribution in [3.8, 4) is 0 Å². The number of benzene rings is 1. The van der Waals surface area contributed by atoms with E-state index in [0.29, 0.717) is 19.6 Å². The van der Waals surface area contributed by atoms with Gasteiger partial charge in [-0.05, 0) is 23.9 Å². The van der Waals surface area contributed by atoms with Crippen molar-refractivity contribution >= 4 is 16.9 Å². The Morgan fingerprint density at radius 1 is 1.29 bits per heavy atom. The fraction of sp³-hybridized carbons (Fsp3) is 0.357. The van der Waals surface area contributed by atoms with Gasteiger partial charge in [0.1, 0.15) is 0 Å². The zero-order chi connectivity index (χ0) is 12.1. The van der Waals surface area contributed by atoms with Crippen molar-refractivity contribution in [2.75, 3.05) is 6.61 Å². The third-order valence-corrected chi connectivity index (χ3v) is 2.70. The molecule has 3 nitrogen and oxygen atoms in total. The van der Waals surface area contributed by atoms with Crippen molar-refractivity contribution in [1.82, 2.24) is 4.57 Å². The number of rotatable bonds is 5. The second-order valence-corrected chi connectivity index (χ2v) is 4.04. The number of fused-ring (bicyclic) bond motifs is 1. The molecular formula is C14H17NO2. The molecule has 0 aliphatic rings. The van der Waals surface area contributed by atoms with Gasteiger partial charge >= 0.3 is 5.97 Å². The van der Waals surface area contributed by atoms with E-state index in [0.717, 1.165) is 11.9 Å². The Kier molecular flexibility index (Phi) is 3.81. The third-order valence-electron chi connectivity index (χ3n) is 2.70.